The molecule has 0 radical (unpaired) electrons. The van der Waals surface area contributed by atoms with Gasteiger partial charge in [0.15, 0.2) is 5.69 Å². The van der Waals surface area contributed by atoms with Crippen molar-refractivity contribution in [3.05, 3.63) is 41.3 Å². The second kappa shape index (κ2) is 5.27. The fourth-order valence-electron chi connectivity index (χ4n) is 2.22. The van der Waals surface area contributed by atoms with Crippen LogP contribution in [0.4, 0.5) is 0 Å². The number of hydrogen-bond donors (Lipinski definition) is 0. The standard InChI is InChI=1S/C16H19N3/c1-5-11(2)13-6-8-14(9-7-13)16-15(10-17)18-12(3)19(16)4/h6-9,11H,5H2,1-4H3. The molecule has 1 atom stereocenters. The van der Waals surface area contributed by atoms with Crippen molar-refractivity contribution in [3.8, 4) is 17.3 Å². The minimum Gasteiger partial charge on any atom is -0.330 e. The van der Waals surface area contributed by atoms with Crippen LogP contribution in [-0.2, 0) is 7.05 Å². The topological polar surface area (TPSA) is 41.6 Å². The molecule has 2 aromatic rings. The molecule has 1 aromatic carbocycles. The lowest BCUT2D eigenvalue weighted by molar-refractivity contribution is 0.733. The van der Waals surface area contributed by atoms with Gasteiger partial charge in [-0.25, -0.2) is 4.98 Å². The predicted molar refractivity (Wildman–Crippen MR) is 76.8 cm³/mol. The van der Waals surface area contributed by atoms with Crippen LogP contribution in [0.3, 0.4) is 0 Å². The van der Waals surface area contributed by atoms with Crippen molar-refractivity contribution in [2.45, 2.75) is 33.1 Å². The van der Waals surface area contributed by atoms with Gasteiger partial charge in [0.25, 0.3) is 0 Å². The van der Waals surface area contributed by atoms with Crippen LogP contribution < -0.4 is 0 Å². The van der Waals surface area contributed by atoms with E-state index in [4.69, 9.17) is 0 Å². The van der Waals surface area contributed by atoms with Gasteiger partial charge < -0.3 is 4.57 Å². The molecular weight excluding hydrogens is 234 g/mol. The van der Waals surface area contributed by atoms with E-state index in [1.165, 1.54) is 5.56 Å². The molecule has 0 saturated heterocycles. The molecule has 0 N–H and O–H groups in total. The molecule has 2 rings (SSSR count). The number of nitriles is 1. The first kappa shape index (κ1) is 13.4. The van der Waals surface area contributed by atoms with Crippen LogP contribution in [0.25, 0.3) is 11.3 Å². The lowest BCUT2D eigenvalue weighted by atomic mass is 9.97. The third-order valence-corrected chi connectivity index (χ3v) is 3.79. The Morgan fingerprint density at radius 3 is 2.47 bits per heavy atom. The van der Waals surface area contributed by atoms with Crippen molar-refractivity contribution in [2.75, 3.05) is 0 Å². The van der Waals surface area contributed by atoms with E-state index in [1.807, 2.05) is 18.5 Å². The summed E-state index contributed by atoms with van der Waals surface area (Å²) < 4.78 is 1.97. The fraction of sp³-hybridized carbons (Fsp3) is 0.375. The zero-order valence-corrected chi connectivity index (χ0v) is 11.9. The van der Waals surface area contributed by atoms with Crippen LogP contribution in [0.15, 0.2) is 24.3 Å². The summed E-state index contributed by atoms with van der Waals surface area (Å²) in [6, 6.07) is 10.6. The molecule has 1 heterocycles. The van der Waals surface area contributed by atoms with Gasteiger partial charge in [0.2, 0.25) is 0 Å². The molecule has 0 aliphatic carbocycles. The van der Waals surface area contributed by atoms with E-state index in [2.05, 4.69) is 49.2 Å². The summed E-state index contributed by atoms with van der Waals surface area (Å²) in [6.07, 6.45) is 1.13. The summed E-state index contributed by atoms with van der Waals surface area (Å²) in [5.41, 5.74) is 3.78. The van der Waals surface area contributed by atoms with Crippen LogP contribution >= 0.6 is 0 Å². The first-order chi connectivity index (χ1) is 9.08. The number of nitrogens with zero attached hydrogens (tertiary/aromatic N) is 3. The molecule has 3 nitrogen and oxygen atoms in total. The van der Waals surface area contributed by atoms with Crippen molar-refractivity contribution in [1.82, 2.24) is 9.55 Å². The monoisotopic (exact) mass is 253 g/mol. The van der Waals surface area contributed by atoms with Crippen molar-refractivity contribution < 1.29 is 0 Å². The Hall–Kier alpha value is -2.08. The highest BCUT2D eigenvalue weighted by Crippen LogP contribution is 2.26. The number of aryl methyl sites for hydroxylation is 1. The molecule has 0 bridgehead atoms. The van der Waals surface area contributed by atoms with Crippen molar-refractivity contribution in [3.63, 3.8) is 0 Å². The lowest BCUT2D eigenvalue weighted by Crippen LogP contribution is -1.96. The zero-order chi connectivity index (χ0) is 14.0. The normalized spacial score (nSPS) is 12.2. The summed E-state index contributed by atoms with van der Waals surface area (Å²) in [4.78, 5) is 4.28. The Morgan fingerprint density at radius 2 is 1.95 bits per heavy atom. The number of rotatable bonds is 3. The molecular formula is C16H19N3. The van der Waals surface area contributed by atoms with Gasteiger partial charge in [-0.3, -0.25) is 0 Å². The summed E-state index contributed by atoms with van der Waals surface area (Å²) in [6.45, 7) is 6.33. The van der Waals surface area contributed by atoms with Gasteiger partial charge in [-0.1, -0.05) is 38.1 Å². The quantitative estimate of drug-likeness (QED) is 0.835. The van der Waals surface area contributed by atoms with Gasteiger partial charge in [0.1, 0.15) is 11.9 Å². The lowest BCUT2D eigenvalue weighted by Gasteiger charge is -2.10. The summed E-state index contributed by atoms with van der Waals surface area (Å²) in [7, 11) is 1.95. The molecule has 0 aliphatic rings. The molecule has 19 heavy (non-hydrogen) atoms. The third kappa shape index (κ3) is 2.39. The number of imidazole rings is 1. The van der Waals surface area contributed by atoms with E-state index < -0.39 is 0 Å². The average Bonchev–Trinajstić information content (AvgIpc) is 2.73. The molecule has 0 aliphatic heterocycles. The first-order valence-electron chi connectivity index (χ1n) is 6.62. The molecule has 98 valence electrons. The van der Waals surface area contributed by atoms with E-state index in [0.29, 0.717) is 11.6 Å². The van der Waals surface area contributed by atoms with Gasteiger partial charge in [0.05, 0.1) is 5.69 Å². The molecule has 1 unspecified atom stereocenters. The first-order valence-corrected chi connectivity index (χ1v) is 6.62. The van der Waals surface area contributed by atoms with E-state index >= 15 is 0 Å². The van der Waals surface area contributed by atoms with Gasteiger partial charge >= 0.3 is 0 Å². The van der Waals surface area contributed by atoms with Gasteiger partial charge in [0, 0.05) is 12.6 Å². The molecule has 0 spiro atoms. The maximum atomic E-state index is 9.17. The number of benzene rings is 1. The van der Waals surface area contributed by atoms with E-state index in [9.17, 15) is 5.26 Å². The Labute approximate surface area is 114 Å². The number of aromatic nitrogens is 2. The highest BCUT2D eigenvalue weighted by Gasteiger charge is 2.14. The molecule has 0 fully saturated rings. The van der Waals surface area contributed by atoms with Crippen LogP contribution in [0, 0.1) is 18.3 Å². The number of hydrogen-bond acceptors (Lipinski definition) is 2. The summed E-state index contributed by atoms with van der Waals surface area (Å²) in [5, 5.41) is 9.17. The van der Waals surface area contributed by atoms with E-state index in [1.54, 1.807) is 0 Å². The molecule has 1 aromatic heterocycles. The van der Waals surface area contributed by atoms with E-state index in [0.717, 1.165) is 23.5 Å². The maximum Gasteiger partial charge on any atom is 0.166 e. The fourth-order valence-corrected chi connectivity index (χ4v) is 2.22. The van der Waals surface area contributed by atoms with Gasteiger partial charge in [-0.15, -0.1) is 0 Å². The van der Waals surface area contributed by atoms with Gasteiger partial charge in [-0.2, -0.15) is 5.26 Å². The van der Waals surface area contributed by atoms with Crippen molar-refractivity contribution >= 4 is 0 Å². The highest BCUT2D eigenvalue weighted by atomic mass is 15.1. The van der Waals surface area contributed by atoms with E-state index in [-0.39, 0.29) is 0 Å². The summed E-state index contributed by atoms with van der Waals surface area (Å²) >= 11 is 0. The molecule has 3 heteroatoms. The van der Waals surface area contributed by atoms with Crippen molar-refractivity contribution in [1.29, 1.82) is 5.26 Å². The maximum absolute atomic E-state index is 9.17. The molecule has 0 saturated carbocycles. The van der Waals surface area contributed by atoms with Crippen LogP contribution in [0.1, 0.15) is 43.3 Å². The second-order valence-corrected chi connectivity index (χ2v) is 4.96. The van der Waals surface area contributed by atoms with Crippen LogP contribution in [-0.4, -0.2) is 9.55 Å². The largest absolute Gasteiger partial charge is 0.330 e. The Kier molecular flexibility index (Phi) is 3.71. The SMILES string of the molecule is CCC(C)c1ccc(-c2c(C#N)nc(C)n2C)cc1. The Morgan fingerprint density at radius 1 is 1.32 bits per heavy atom. The zero-order valence-electron chi connectivity index (χ0n) is 11.9. The minimum absolute atomic E-state index is 0.497. The third-order valence-electron chi connectivity index (χ3n) is 3.79. The smallest absolute Gasteiger partial charge is 0.166 e. The van der Waals surface area contributed by atoms with Crippen molar-refractivity contribution in [2.24, 2.45) is 7.05 Å². The second-order valence-electron chi connectivity index (χ2n) is 4.96. The highest BCUT2D eigenvalue weighted by molar-refractivity contribution is 5.66. The molecule has 0 amide bonds. The minimum atomic E-state index is 0.497. The Bertz CT molecular complexity index is 615. The predicted octanol–water partition coefficient (Wildman–Crippen LogP) is 3.78. The van der Waals surface area contributed by atoms with Crippen LogP contribution in [0.2, 0.25) is 0 Å². The summed E-state index contributed by atoms with van der Waals surface area (Å²) in [5.74, 6) is 1.43. The van der Waals surface area contributed by atoms with Gasteiger partial charge in [-0.05, 0) is 24.8 Å². The van der Waals surface area contributed by atoms with Crippen LogP contribution in [0.5, 0.6) is 0 Å². The Balaban J connectivity index is 2.46. The average molecular weight is 253 g/mol.